The molecule has 3 aromatic rings. The molecule has 0 spiro atoms. The van der Waals surface area contributed by atoms with E-state index in [0.717, 1.165) is 54.4 Å². The molecule has 0 bridgehead atoms. The Kier molecular flexibility index (Phi) is 8.65. The summed E-state index contributed by atoms with van der Waals surface area (Å²) in [7, 11) is 1.61. The molecule has 3 aromatic carbocycles. The van der Waals surface area contributed by atoms with Gasteiger partial charge in [-0.2, -0.15) is 0 Å². The van der Waals surface area contributed by atoms with E-state index in [2.05, 4.69) is 20.4 Å². The maximum Gasteiger partial charge on any atom is 0.250 e. The van der Waals surface area contributed by atoms with Gasteiger partial charge < -0.3 is 15.0 Å². The summed E-state index contributed by atoms with van der Waals surface area (Å²) in [5.41, 5.74) is 3.53. The number of thiocarbonyl (C=S) groups is 1. The summed E-state index contributed by atoms with van der Waals surface area (Å²) in [6.07, 6.45) is 3.15. The smallest absolute Gasteiger partial charge is 0.250 e. The van der Waals surface area contributed by atoms with Gasteiger partial charge in [0.2, 0.25) is 5.91 Å². The molecule has 0 radical (unpaired) electrons. The number of carbonyl (C=O) groups excluding carboxylic acids is 1. The van der Waals surface area contributed by atoms with E-state index >= 15 is 0 Å². The Hall–Kier alpha value is -3.75. The third-order valence-electron chi connectivity index (χ3n) is 5.99. The zero-order chi connectivity index (χ0) is 25.3. The van der Waals surface area contributed by atoms with Crippen LogP contribution in [0.1, 0.15) is 11.1 Å². The molecule has 0 aromatic heterocycles. The van der Waals surface area contributed by atoms with Crippen molar-refractivity contribution in [2.45, 2.75) is 6.54 Å². The van der Waals surface area contributed by atoms with Crippen molar-refractivity contribution in [1.29, 1.82) is 0 Å². The second-order valence-corrected chi connectivity index (χ2v) is 8.86. The van der Waals surface area contributed by atoms with Gasteiger partial charge in [0.05, 0.1) is 7.11 Å². The average molecular weight is 505 g/mol. The molecule has 8 heteroatoms. The molecule has 4 rings (SSSR count). The number of halogens is 1. The van der Waals surface area contributed by atoms with Gasteiger partial charge >= 0.3 is 0 Å². The van der Waals surface area contributed by atoms with E-state index in [1.807, 2.05) is 60.7 Å². The van der Waals surface area contributed by atoms with Crippen molar-refractivity contribution in [2.75, 3.05) is 43.5 Å². The fourth-order valence-corrected chi connectivity index (χ4v) is 4.21. The molecule has 1 saturated heterocycles. The Morgan fingerprint density at radius 1 is 1.00 bits per heavy atom. The number of methoxy groups -OCH3 is 1. The van der Waals surface area contributed by atoms with Gasteiger partial charge in [0.1, 0.15) is 11.6 Å². The van der Waals surface area contributed by atoms with E-state index in [9.17, 15) is 9.18 Å². The Bertz CT molecular complexity index is 1210. The van der Waals surface area contributed by atoms with E-state index in [1.54, 1.807) is 19.3 Å². The lowest BCUT2D eigenvalue weighted by molar-refractivity contribution is -0.115. The van der Waals surface area contributed by atoms with Crippen LogP contribution in [-0.2, 0) is 11.3 Å². The zero-order valence-electron chi connectivity index (χ0n) is 20.1. The Morgan fingerprint density at radius 2 is 1.69 bits per heavy atom. The number of amides is 1. The maximum absolute atomic E-state index is 13.9. The quantitative estimate of drug-likeness (QED) is 0.360. The molecule has 1 fully saturated rings. The van der Waals surface area contributed by atoms with Crippen LogP contribution < -0.4 is 20.3 Å². The average Bonchev–Trinajstić information content (AvgIpc) is 2.90. The molecular formula is C28H29FN4O2S. The summed E-state index contributed by atoms with van der Waals surface area (Å²) in [6, 6.07) is 22.3. The summed E-state index contributed by atoms with van der Waals surface area (Å²) in [5.74, 6) is 0.300. The number of benzene rings is 3. The van der Waals surface area contributed by atoms with Crippen LogP contribution in [-0.4, -0.2) is 49.2 Å². The Labute approximate surface area is 216 Å². The van der Waals surface area contributed by atoms with Crippen LogP contribution in [0.2, 0.25) is 0 Å². The van der Waals surface area contributed by atoms with Crippen molar-refractivity contribution in [3.8, 4) is 5.75 Å². The maximum atomic E-state index is 13.9. The van der Waals surface area contributed by atoms with Gasteiger partial charge in [-0.1, -0.05) is 30.3 Å². The van der Waals surface area contributed by atoms with E-state index in [0.29, 0.717) is 6.54 Å². The highest BCUT2D eigenvalue weighted by molar-refractivity contribution is 7.80. The molecule has 1 amide bonds. The molecule has 1 aliphatic heterocycles. The SMILES string of the molecule is COc1ccc(/C=C/C(=O)NC(=S)Nc2ccc(N3CCN(Cc4ccccc4F)CC3)cc2)cc1. The summed E-state index contributed by atoms with van der Waals surface area (Å²) >= 11 is 5.27. The minimum atomic E-state index is -0.312. The minimum Gasteiger partial charge on any atom is -0.497 e. The summed E-state index contributed by atoms with van der Waals surface area (Å²) in [4.78, 5) is 16.8. The van der Waals surface area contributed by atoms with Crippen LogP contribution in [0.3, 0.4) is 0 Å². The van der Waals surface area contributed by atoms with Crippen molar-refractivity contribution in [2.24, 2.45) is 0 Å². The van der Waals surface area contributed by atoms with Gasteiger partial charge in [-0.15, -0.1) is 0 Å². The number of nitrogens with zero attached hydrogens (tertiary/aromatic N) is 2. The molecule has 6 nitrogen and oxygen atoms in total. The lowest BCUT2D eigenvalue weighted by Gasteiger charge is -2.36. The van der Waals surface area contributed by atoms with Crippen molar-refractivity contribution >= 4 is 40.7 Å². The number of rotatable bonds is 7. The molecule has 0 saturated carbocycles. The normalized spacial score (nSPS) is 14.0. The first-order valence-electron chi connectivity index (χ1n) is 11.7. The van der Waals surface area contributed by atoms with Crippen LogP contribution in [0.5, 0.6) is 5.75 Å². The van der Waals surface area contributed by atoms with Crippen LogP contribution in [0.4, 0.5) is 15.8 Å². The van der Waals surface area contributed by atoms with Gasteiger partial charge in [0.15, 0.2) is 5.11 Å². The summed E-state index contributed by atoms with van der Waals surface area (Å²) in [5, 5.41) is 5.93. The molecule has 36 heavy (non-hydrogen) atoms. The van der Waals surface area contributed by atoms with E-state index in [4.69, 9.17) is 17.0 Å². The highest BCUT2D eigenvalue weighted by Crippen LogP contribution is 2.21. The number of hydrogen-bond acceptors (Lipinski definition) is 5. The van der Waals surface area contributed by atoms with Crippen LogP contribution in [0.15, 0.2) is 78.9 Å². The van der Waals surface area contributed by atoms with Crippen molar-refractivity contribution < 1.29 is 13.9 Å². The largest absolute Gasteiger partial charge is 0.497 e. The molecule has 0 atom stereocenters. The molecule has 186 valence electrons. The van der Waals surface area contributed by atoms with Gasteiger partial charge in [0, 0.05) is 55.7 Å². The predicted molar refractivity (Wildman–Crippen MR) is 147 cm³/mol. The van der Waals surface area contributed by atoms with Gasteiger partial charge in [-0.25, -0.2) is 4.39 Å². The summed E-state index contributed by atoms with van der Waals surface area (Å²) < 4.78 is 19.1. The van der Waals surface area contributed by atoms with Gasteiger partial charge in [-0.3, -0.25) is 15.0 Å². The first kappa shape index (κ1) is 25.3. The fraction of sp³-hybridized carbons (Fsp3) is 0.214. The zero-order valence-corrected chi connectivity index (χ0v) is 20.9. The van der Waals surface area contributed by atoms with Crippen molar-refractivity contribution in [3.05, 3.63) is 95.8 Å². The molecule has 0 unspecified atom stereocenters. The topological polar surface area (TPSA) is 56.8 Å². The number of carbonyl (C=O) groups is 1. The number of hydrogen-bond donors (Lipinski definition) is 2. The van der Waals surface area contributed by atoms with E-state index < -0.39 is 0 Å². The van der Waals surface area contributed by atoms with Crippen LogP contribution >= 0.6 is 12.2 Å². The van der Waals surface area contributed by atoms with Crippen LogP contribution in [0.25, 0.3) is 6.08 Å². The Balaban J connectivity index is 1.22. The molecule has 0 aliphatic carbocycles. The van der Waals surface area contributed by atoms with Gasteiger partial charge in [0.25, 0.3) is 0 Å². The lowest BCUT2D eigenvalue weighted by Crippen LogP contribution is -2.46. The number of nitrogens with one attached hydrogen (secondary N) is 2. The highest BCUT2D eigenvalue weighted by Gasteiger charge is 2.18. The highest BCUT2D eigenvalue weighted by atomic mass is 32.1. The molecule has 1 aliphatic rings. The van der Waals surface area contributed by atoms with Crippen molar-refractivity contribution in [1.82, 2.24) is 10.2 Å². The Morgan fingerprint density at radius 3 is 2.36 bits per heavy atom. The third kappa shape index (κ3) is 7.13. The second-order valence-electron chi connectivity index (χ2n) is 8.45. The first-order valence-corrected chi connectivity index (χ1v) is 12.2. The minimum absolute atomic E-state index is 0.148. The molecular weight excluding hydrogens is 475 g/mol. The first-order chi connectivity index (χ1) is 17.5. The molecule has 1 heterocycles. The number of piperazine rings is 1. The van der Waals surface area contributed by atoms with Crippen molar-refractivity contribution in [3.63, 3.8) is 0 Å². The van der Waals surface area contributed by atoms with Crippen LogP contribution in [0, 0.1) is 5.82 Å². The second kappa shape index (κ2) is 12.3. The van der Waals surface area contributed by atoms with E-state index in [-0.39, 0.29) is 16.8 Å². The standard InChI is InChI=1S/C28H29FN4O2S/c1-35-25-13-6-21(7-14-25)8-15-27(34)31-28(36)30-23-9-11-24(12-10-23)33-18-16-32(17-19-33)20-22-4-2-3-5-26(22)29/h2-15H,16-20H2,1H3,(H2,30,31,34,36)/b15-8+. The lowest BCUT2D eigenvalue weighted by atomic mass is 10.1. The summed E-state index contributed by atoms with van der Waals surface area (Å²) in [6.45, 7) is 4.11. The monoisotopic (exact) mass is 504 g/mol. The van der Waals surface area contributed by atoms with Gasteiger partial charge in [-0.05, 0) is 66.3 Å². The number of anilines is 2. The third-order valence-corrected chi connectivity index (χ3v) is 6.20. The predicted octanol–water partition coefficient (Wildman–Crippen LogP) is 4.68. The number of ether oxygens (including phenoxy) is 1. The van der Waals surface area contributed by atoms with E-state index in [1.165, 1.54) is 12.1 Å². The fourth-order valence-electron chi connectivity index (χ4n) is 3.99. The molecule has 2 N–H and O–H groups in total.